The van der Waals surface area contributed by atoms with E-state index < -0.39 is 5.60 Å². The zero-order valence-corrected chi connectivity index (χ0v) is 22.9. The van der Waals surface area contributed by atoms with Crippen LogP contribution in [0, 0.1) is 0 Å². The second-order valence-corrected chi connectivity index (χ2v) is 10.5. The SMILES string of the molecule is CC(C)N(CCCCCCOCC(=O)OC(C)(C)C)c1cnc(-c2ccccc2)c(-c2ccccc2)n1. The van der Waals surface area contributed by atoms with Crippen LogP contribution in [0.4, 0.5) is 5.82 Å². The smallest absolute Gasteiger partial charge is 0.332 e. The van der Waals surface area contributed by atoms with Crippen LogP contribution in [-0.4, -0.2) is 47.3 Å². The molecule has 1 aromatic heterocycles. The van der Waals surface area contributed by atoms with Gasteiger partial charge in [0.15, 0.2) is 0 Å². The van der Waals surface area contributed by atoms with Gasteiger partial charge in [-0.15, -0.1) is 0 Å². The third-order valence-electron chi connectivity index (χ3n) is 5.85. The van der Waals surface area contributed by atoms with Crippen LogP contribution in [0.25, 0.3) is 22.5 Å². The quantitative estimate of drug-likeness (QED) is 0.186. The molecular weight excluding hydrogens is 462 g/mol. The van der Waals surface area contributed by atoms with E-state index in [1.807, 2.05) is 63.4 Å². The minimum Gasteiger partial charge on any atom is -0.458 e. The monoisotopic (exact) mass is 503 g/mol. The lowest BCUT2D eigenvalue weighted by atomic mass is 10.0. The number of carbonyl (C=O) groups is 1. The molecule has 6 nitrogen and oxygen atoms in total. The lowest BCUT2D eigenvalue weighted by Gasteiger charge is -2.28. The maximum Gasteiger partial charge on any atom is 0.332 e. The van der Waals surface area contributed by atoms with Crippen LogP contribution in [0.3, 0.4) is 0 Å². The van der Waals surface area contributed by atoms with E-state index >= 15 is 0 Å². The predicted octanol–water partition coefficient (Wildman–Crippen LogP) is 6.94. The average molecular weight is 504 g/mol. The number of anilines is 1. The van der Waals surface area contributed by atoms with Crippen molar-refractivity contribution in [1.82, 2.24) is 9.97 Å². The van der Waals surface area contributed by atoms with E-state index in [9.17, 15) is 4.79 Å². The molecule has 0 fully saturated rings. The van der Waals surface area contributed by atoms with Gasteiger partial charge in [0.1, 0.15) is 18.0 Å². The minimum atomic E-state index is -0.475. The summed E-state index contributed by atoms with van der Waals surface area (Å²) in [5.41, 5.74) is 3.44. The van der Waals surface area contributed by atoms with Gasteiger partial charge in [-0.1, -0.05) is 73.5 Å². The van der Waals surface area contributed by atoms with Crippen molar-refractivity contribution in [2.24, 2.45) is 0 Å². The van der Waals surface area contributed by atoms with Crippen LogP contribution in [0.1, 0.15) is 60.3 Å². The van der Waals surface area contributed by atoms with E-state index in [0.29, 0.717) is 12.6 Å². The van der Waals surface area contributed by atoms with Crippen molar-refractivity contribution in [1.29, 1.82) is 0 Å². The Labute approximate surface area is 222 Å². The number of rotatable bonds is 13. The highest BCUT2D eigenvalue weighted by Crippen LogP contribution is 2.31. The van der Waals surface area contributed by atoms with Gasteiger partial charge in [0, 0.05) is 30.3 Å². The Morgan fingerprint density at radius 1 is 0.865 bits per heavy atom. The Bertz CT molecular complexity index is 1100. The molecule has 0 amide bonds. The summed E-state index contributed by atoms with van der Waals surface area (Å²) in [6.07, 6.45) is 6.01. The number of unbranched alkanes of at least 4 members (excludes halogenated alkanes) is 3. The van der Waals surface area contributed by atoms with Crippen molar-refractivity contribution in [2.75, 3.05) is 24.7 Å². The van der Waals surface area contributed by atoms with Crippen LogP contribution in [0.15, 0.2) is 66.9 Å². The van der Waals surface area contributed by atoms with Crippen LogP contribution in [0.2, 0.25) is 0 Å². The fourth-order valence-electron chi connectivity index (χ4n) is 4.13. The van der Waals surface area contributed by atoms with Crippen molar-refractivity contribution in [2.45, 2.75) is 71.9 Å². The fraction of sp³-hybridized carbons (Fsp3) is 0.452. The summed E-state index contributed by atoms with van der Waals surface area (Å²) in [6.45, 7) is 11.5. The molecule has 0 N–H and O–H groups in total. The standard InChI is InChI=1S/C31H41N3O3/c1-24(2)34(20-14-6-7-15-21-36-23-28(35)37-31(3,4)5)27-22-32-29(25-16-10-8-11-17-25)30(33-27)26-18-12-9-13-19-26/h8-13,16-19,22,24H,6-7,14-15,20-21,23H2,1-5H3. The molecule has 37 heavy (non-hydrogen) atoms. The van der Waals surface area contributed by atoms with Crippen LogP contribution in [0.5, 0.6) is 0 Å². The summed E-state index contributed by atoms with van der Waals surface area (Å²) in [7, 11) is 0. The fourth-order valence-corrected chi connectivity index (χ4v) is 4.13. The Kier molecular flexibility index (Phi) is 10.6. The molecule has 0 saturated carbocycles. The first-order valence-electron chi connectivity index (χ1n) is 13.3. The van der Waals surface area contributed by atoms with E-state index in [0.717, 1.165) is 60.6 Å². The number of ether oxygens (including phenoxy) is 2. The van der Waals surface area contributed by atoms with E-state index in [4.69, 9.17) is 19.4 Å². The summed E-state index contributed by atoms with van der Waals surface area (Å²) in [5.74, 6) is 0.587. The molecule has 0 unspecified atom stereocenters. The summed E-state index contributed by atoms with van der Waals surface area (Å²) in [6, 6.07) is 20.8. The number of nitrogens with zero attached hydrogens (tertiary/aromatic N) is 3. The van der Waals surface area contributed by atoms with Gasteiger partial charge in [-0.05, 0) is 47.5 Å². The average Bonchev–Trinajstić information content (AvgIpc) is 2.87. The number of hydrogen-bond donors (Lipinski definition) is 0. The highest BCUT2D eigenvalue weighted by Gasteiger charge is 2.18. The zero-order valence-electron chi connectivity index (χ0n) is 22.9. The molecule has 3 rings (SSSR count). The maximum absolute atomic E-state index is 11.7. The molecule has 0 aliphatic heterocycles. The molecule has 0 aliphatic rings. The van der Waals surface area contributed by atoms with Crippen molar-refractivity contribution < 1.29 is 14.3 Å². The highest BCUT2D eigenvalue weighted by molar-refractivity contribution is 5.78. The predicted molar refractivity (Wildman–Crippen MR) is 151 cm³/mol. The second-order valence-electron chi connectivity index (χ2n) is 10.5. The van der Waals surface area contributed by atoms with Gasteiger partial charge in [-0.25, -0.2) is 9.78 Å². The first-order valence-corrected chi connectivity index (χ1v) is 13.3. The molecule has 0 spiro atoms. The topological polar surface area (TPSA) is 64.5 Å². The molecule has 0 atom stereocenters. The first kappa shape index (κ1) is 28.3. The number of benzene rings is 2. The van der Waals surface area contributed by atoms with Gasteiger partial charge in [0.2, 0.25) is 0 Å². The first-order chi connectivity index (χ1) is 17.7. The summed E-state index contributed by atoms with van der Waals surface area (Å²) in [4.78, 5) is 24.1. The molecule has 3 aromatic rings. The molecule has 0 saturated heterocycles. The van der Waals surface area contributed by atoms with Gasteiger partial charge < -0.3 is 14.4 Å². The summed E-state index contributed by atoms with van der Waals surface area (Å²) in [5, 5.41) is 0. The number of esters is 1. The Balaban J connectivity index is 1.57. The van der Waals surface area contributed by atoms with Crippen LogP contribution in [-0.2, 0) is 14.3 Å². The second kappa shape index (κ2) is 13.9. The van der Waals surface area contributed by atoms with E-state index in [1.165, 1.54) is 0 Å². The molecule has 0 aliphatic carbocycles. The molecule has 0 radical (unpaired) electrons. The van der Waals surface area contributed by atoms with Gasteiger partial charge in [-0.2, -0.15) is 0 Å². The summed E-state index contributed by atoms with van der Waals surface area (Å²) < 4.78 is 10.7. The van der Waals surface area contributed by atoms with Crippen LogP contribution < -0.4 is 4.90 Å². The van der Waals surface area contributed by atoms with E-state index in [1.54, 1.807) is 0 Å². The van der Waals surface area contributed by atoms with Crippen molar-refractivity contribution in [3.05, 3.63) is 66.9 Å². The van der Waals surface area contributed by atoms with Crippen molar-refractivity contribution in [3.63, 3.8) is 0 Å². The highest BCUT2D eigenvalue weighted by atomic mass is 16.6. The molecular formula is C31H41N3O3. The largest absolute Gasteiger partial charge is 0.458 e. The Morgan fingerprint density at radius 2 is 1.46 bits per heavy atom. The number of hydrogen-bond acceptors (Lipinski definition) is 6. The Morgan fingerprint density at radius 3 is 2.05 bits per heavy atom. The van der Waals surface area contributed by atoms with E-state index in [-0.39, 0.29) is 12.6 Å². The maximum atomic E-state index is 11.7. The molecule has 2 aromatic carbocycles. The zero-order chi connectivity index (χ0) is 26.7. The normalized spacial score (nSPS) is 11.5. The number of carbonyl (C=O) groups excluding carboxylic acids is 1. The van der Waals surface area contributed by atoms with E-state index in [2.05, 4.69) is 43.0 Å². The van der Waals surface area contributed by atoms with Gasteiger partial charge in [0.25, 0.3) is 0 Å². The molecule has 198 valence electrons. The Hall–Kier alpha value is -3.25. The lowest BCUT2D eigenvalue weighted by Crippen LogP contribution is -2.32. The van der Waals surface area contributed by atoms with Crippen molar-refractivity contribution >= 4 is 11.8 Å². The third-order valence-corrected chi connectivity index (χ3v) is 5.85. The summed E-state index contributed by atoms with van der Waals surface area (Å²) >= 11 is 0. The third kappa shape index (κ3) is 9.29. The van der Waals surface area contributed by atoms with Gasteiger partial charge in [0.05, 0.1) is 17.6 Å². The minimum absolute atomic E-state index is 0.0137. The molecule has 6 heteroatoms. The lowest BCUT2D eigenvalue weighted by molar-refractivity contribution is -0.160. The number of aromatic nitrogens is 2. The van der Waals surface area contributed by atoms with Crippen LogP contribution >= 0.6 is 0 Å². The van der Waals surface area contributed by atoms with Gasteiger partial charge in [-0.3, -0.25) is 4.98 Å². The molecule has 0 bridgehead atoms. The van der Waals surface area contributed by atoms with Gasteiger partial charge >= 0.3 is 5.97 Å². The van der Waals surface area contributed by atoms with Crippen molar-refractivity contribution in [3.8, 4) is 22.5 Å². The molecule has 1 heterocycles.